The van der Waals surface area contributed by atoms with Crippen molar-refractivity contribution >= 4 is 17.8 Å². The minimum Gasteiger partial charge on any atom is -0.466 e. The second-order valence-corrected chi connectivity index (χ2v) is 9.64. The molecule has 0 aromatic heterocycles. The van der Waals surface area contributed by atoms with Gasteiger partial charge in [0, 0.05) is 32.4 Å². The van der Waals surface area contributed by atoms with Gasteiger partial charge in [-0.05, 0) is 44.9 Å². The smallest absolute Gasteiger partial charge is 0.305 e. The molecular weight excluding hydrogens is 456 g/mol. The van der Waals surface area contributed by atoms with E-state index in [-0.39, 0.29) is 30.9 Å². The number of ether oxygens (including phenoxy) is 1. The number of carbonyl (C=O) groups excluding carboxylic acids is 3. The number of carbonyl (C=O) groups is 3. The van der Waals surface area contributed by atoms with Crippen LogP contribution in [0.1, 0.15) is 129 Å². The van der Waals surface area contributed by atoms with Crippen LogP contribution >= 0.6 is 0 Å². The van der Waals surface area contributed by atoms with Gasteiger partial charge in [-0.2, -0.15) is 0 Å². The number of esters is 1. The van der Waals surface area contributed by atoms with Crippen LogP contribution < -0.4 is 10.6 Å². The minimum atomic E-state index is -0.768. The summed E-state index contributed by atoms with van der Waals surface area (Å²) in [7, 11) is 0. The van der Waals surface area contributed by atoms with Crippen LogP contribution in [0.2, 0.25) is 0 Å². The highest BCUT2D eigenvalue weighted by Gasteiger charge is 2.09. The van der Waals surface area contributed by atoms with Crippen LogP contribution in [0.4, 0.5) is 0 Å². The molecule has 0 saturated carbocycles. The van der Waals surface area contributed by atoms with Gasteiger partial charge in [0.2, 0.25) is 11.8 Å². The Balaban J connectivity index is 3.48. The second kappa shape index (κ2) is 26.2. The lowest BCUT2D eigenvalue weighted by Crippen LogP contribution is -2.39. The number of allylic oxidation sites excluding steroid dienone is 2. The maximum absolute atomic E-state index is 11.9. The summed E-state index contributed by atoms with van der Waals surface area (Å²) in [5, 5.41) is 15.5. The fraction of sp³-hybridized carbons (Fsp3) is 0.828. The van der Waals surface area contributed by atoms with Gasteiger partial charge in [0.1, 0.15) is 0 Å². The minimum absolute atomic E-state index is 0.0382. The summed E-state index contributed by atoms with van der Waals surface area (Å²) in [6.07, 6.45) is 20.8. The van der Waals surface area contributed by atoms with Crippen molar-refractivity contribution in [3.8, 4) is 0 Å². The van der Waals surface area contributed by atoms with E-state index in [4.69, 9.17) is 4.74 Å². The molecule has 36 heavy (non-hydrogen) atoms. The Morgan fingerprint density at radius 3 is 1.72 bits per heavy atom. The van der Waals surface area contributed by atoms with Gasteiger partial charge in [-0.15, -0.1) is 0 Å². The number of hydrogen-bond donors (Lipinski definition) is 3. The molecule has 0 aromatic carbocycles. The third-order valence-electron chi connectivity index (χ3n) is 6.01. The molecule has 7 heteroatoms. The molecule has 0 rings (SSSR count). The zero-order valence-electron chi connectivity index (χ0n) is 23.2. The van der Waals surface area contributed by atoms with E-state index in [1.807, 2.05) is 6.92 Å². The number of unbranched alkanes of at least 4 members (excludes halogenated alkanes) is 11. The van der Waals surface area contributed by atoms with Crippen molar-refractivity contribution in [3.63, 3.8) is 0 Å². The molecule has 1 unspecified atom stereocenters. The largest absolute Gasteiger partial charge is 0.466 e. The average Bonchev–Trinajstić information content (AvgIpc) is 2.86. The molecule has 3 N–H and O–H groups in total. The van der Waals surface area contributed by atoms with Gasteiger partial charge >= 0.3 is 5.97 Å². The van der Waals surface area contributed by atoms with Gasteiger partial charge in [-0.1, -0.05) is 77.4 Å². The average molecular weight is 511 g/mol. The molecular formula is C29H54N2O5. The maximum atomic E-state index is 11.9. The van der Waals surface area contributed by atoms with E-state index in [1.165, 1.54) is 12.8 Å². The van der Waals surface area contributed by atoms with Crippen LogP contribution in [0.25, 0.3) is 0 Å². The van der Waals surface area contributed by atoms with Crippen molar-refractivity contribution < 1.29 is 24.2 Å². The van der Waals surface area contributed by atoms with Crippen molar-refractivity contribution in [2.24, 2.45) is 0 Å². The first-order valence-electron chi connectivity index (χ1n) is 14.5. The first-order chi connectivity index (χ1) is 17.5. The van der Waals surface area contributed by atoms with E-state index < -0.39 is 6.10 Å². The normalized spacial score (nSPS) is 12.0. The van der Waals surface area contributed by atoms with Crippen LogP contribution in [0.5, 0.6) is 0 Å². The Kier molecular flexibility index (Phi) is 24.8. The van der Waals surface area contributed by atoms with E-state index in [0.717, 1.165) is 83.5 Å². The molecule has 0 aliphatic rings. The highest BCUT2D eigenvalue weighted by atomic mass is 16.5. The van der Waals surface area contributed by atoms with Crippen LogP contribution in [0.3, 0.4) is 0 Å². The highest BCUT2D eigenvalue weighted by molar-refractivity contribution is 5.76. The van der Waals surface area contributed by atoms with Crippen LogP contribution in [0, 0.1) is 0 Å². The number of aliphatic hydroxyl groups excluding tert-OH is 1. The summed E-state index contributed by atoms with van der Waals surface area (Å²) < 4.78 is 5.14. The van der Waals surface area contributed by atoms with Gasteiger partial charge in [0.15, 0.2) is 0 Å². The van der Waals surface area contributed by atoms with Crippen molar-refractivity contribution in [2.75, 3.05) is 19.7 Å². The first-order valence-corrected chi connectivity index (χ1v) is 14.5. The summed E-state index contributed by atoms with van der Waals surface area (Å²) in [5.41, 5.74) is 0. The molecule has 0 fully saturated rings. The molecule has 210 valence electrons. The van der Waals surface area contributed by atoms with Gasteiger partial charge in [-0.25, -0.2) is 0 Å². The fourth-order valence-electron chi connectivity index (χ4n) is 3.81. The molecule has 0 bridgehead atoms. The van der Waals surface area contributed by atoms with Gasteiger partial charge < -0.3 is 20.5 Å². The molecule has 0 saturated heterocycles. The SMILES string of the molecule is CC/C=C\CCCCCCCC(=O)NCC(O)CNC(=O)CCCCCCCCCOC(=O)CCC. The molecule has 0 radical (unpaired) electrons. The Bertz CT molecular complexity index is 580. The zero-order valence-corrected chi connectivity index (χ0v) is 23.2. The summed E-state index contributed by atoms with van der Waals surface area (Å²) in [6.45, 7) is 4.96. The highest BCUT2D eigenvalue weighted by Crippen LogP contribution is 2.09. The van der Waals surface area contributed by atoms with E-state index in [1.54, 1.807) is 0 Å². The van der Waals surface area contributed by atoms with Crippen molar-refractivity contribution in [1.29, 1.82) is 0 Å². The molecule has 0 aliphatic carbocycles. The van der Waals surface area contributed by atoms with Crippen LogP contribution in [-0.4, -0.2) is 48.7 Å². The Morgan fingerprint density at radius 1 is 0.694 bits per heavy atom. The molecule has 7 nitrogen and oxygen atoms in total. The number of aliphatic hydroxyl groups is 1. The van der Waals surface area contributed by atoms with E-state index in [9.17, 15) is 19.5 Å². The Labute approximate surface area is 220 Å². The van der Waals surface area contributed by atoms with Crippen molar-refractivity contribution in [3.05, 3.63) is 12.2 Å². The third-order valence-corrected chi connectivity index (χ3v) is 6.01. The number of nitrogens with one attached hydrogen (secondary N) is 2. The molecule has 2 amide bonds. The monoisotopic (exact) mass is 510 g/mol. The molecule has 0 heterocycles. The molecule has 0 aliphatic heterocycles. The summed E-state index contributed by atoms with van der Waals surface area (Å²) in [4.78, 5) is 35.1. The fourth-order valence-corrected chi connectivity index (χ4v) is 3.81. The van der Waals surface area contributed by atoms with Crippen molar-refractivity contribution in [2.45, 2.75) is 136 Å². The van der Waals surface area contributed by atoms with Gasteiger partial charge in [-0.3, -0.25) is 14.4 Å². The van der Waals surface area contributed by atoms with E-state index >= 15 is 0 Å². The number of rotatable bonds is 25. The van der Waals surface area contributed by atoms with Gasteiger partial charge in [0.05, 0.1) is 12.7 Å². The standard InChI is InChI=1S/C29H54N2O5/c1-3-5-6-7-8-9-11-14-17-21-27(33)30-24-26(32)25-31-28(34)22-18-15-12-10-13-16-19-23-36-29(35)20-4-2/h5-6,26,32H,3-4,7-25H2,1-2H3,(H,30,33)(H,31,34)/b6-5-. The summed E-state index contributed by atoms with van der Waals surface area (Å²) in [5.74, 6) is -0.195. The Hall–Kier alpha value is -1.89. The lowest BCUT2D eigenvalue weighted by molar-refractivity contribution is -0.143. The summed E-state index contributed by atoms with van der Waals surface area (Å²) in [6, 6.07) is 0. The lowest BCUT2D eigenvalue weighted by Gasteiger charge is -2.13. The number of amides is 2. The quantitative estimate of drug-likeness (QED) is 0.0825. The third kappa shape index (κ3) is 25.2. The predicted octanol–water partition coefficient (Wildman–Crippen LogP) is 5.74. The Morgan fingerprint density at radius 2 is 1.19 bits per heavy atom. The number of hydrogen-bond acceptors (Lipinski definition) is 5. The molecule has 0 aromatic rings. The van der Waals surface area contributed by atoms with Crippen molar-refractivity contribution in [1.82, 2.24) is 10.6 Å². The predicted molar refractivity (Wildman–Crippen MR) is 147 cm³/mol. The van der Waals surface area contributed by atoms with Crippen LogP contribution in [-0.2, 0) is 19.1 Å². The topological polar surface area (TPSA) is 105 Å². The zero-order chi connectivity index (χ0) is 26.7. The second-order valence-electron chi connectivity index (χ2n) is 9.64. The lowest BCUT2D eigenvalue weighted by atomic mass is 10.1. The van der Waals surface area contributed by atoms with E-state index in [2.05, 4.69) is 29.7 Å². The van der Waals surface area contributed by atoms with E-state index in [0.29, 0.717) is 25.9 Å². The molecule has 0 spiro atoms. The maximum Gasteiger partial charge on any atom is 0.305 e. The molecule has 1 atom stereocenters. The first kappa shape index (κ1) is 34.1. The van der Waals surface area contributed by atoms with Crippen LogP contribution in [0.15, 0.2) is 12.2 Å². The van der Waals surface area contributed by atoms with Gasteiger partial charge in [0.25, 0.3) is 0 Å². The summed E-state index contributed by atoms with van der Waals surface area (Å²) >= 11 is 0.